The lowest BCUT2D eigenvalue weighted by Crippen LogP contribution is -1.79. The summed E-state index contributed by atoms with van der Waals surface area (Å²) in [5, 5.41) is 1.14. The van der Waals surface area contributed by atoms with E-state index in [1.807, 2.05) is 13.3 Å². The highest BCUT2D eigenvalue weighted by molar-refractivity contribution is 9.09. The molecule has 0 bridgehead atoms. The molecule has 1 nitrogen and oxygen atoms in total. The van der Waals surface area contributed by atoms with Gasteiger partial charge in [-0.2, -0.15) is 0 Å². The first-order valence-corrected chi connectivity index (χ1v) is 4.50. The van der Waals surface area contributed by atoms with Gasteiger partial charge in [0.1, 0.15) is 0 Å². The molecule has 0 aliphatic heterocycles. The van der Waals surface area contributed by atoms with Gasteiger partial charge in [-0.25, -0.2) is 0 Å². The van der Waals surface area contributed by atoms with E-state index in [0.717, 1.165) is 11.8 Å². The molecule has 0 aromatic carbocycles. The third-order valence-electron chi connectivity index (χ3n) is 1.15. The number of aliphatic imine (C=N–C) groups is 1. The Morgan fingerprint density at radius 1 is 1.33 bits per heavy atom. The van der Waals surface area contributed by atoms with Gasteiger partial charge in [0.25, 0.3) is 0 Å². The highest BCUT2D eigenvalue weighted by Gasteiger charge is 1.83. The molecule has 54 valence electrons. The van der Waals surface area contributed by atoms with Crippen molar-refractivity contribution in [3.05, 3.63) is 0 Å². The molecule has 0 saturated carbocycles. The third-order valence-corrected chi connectivity index (χ3v) is 1.71. The summed E-state index contributed by atoms with van der Waals surface area (Å²) >= 11 is 3.38. The van der Waals surface area contributed by atoms with Crippen LogP contribution in [0.5, 0.6) is 0 Å². The summed E-state index contributed by atoms with van der Waals surface area (Å²) in [5.74, 6) is 0. The fraction of sp³-hybridized carbons (Fsp3) is 0.857. The van der Waals surface area contributed by atoms with E-state index in [0.29, 0.717) is 0 Å². The SMILES string of the molecule is CN=CCCCCCBr. The van der Waals surface area contributed by atoms with Crippen molar-refractivity contribution < 1.29 is 0 Å². The average Bonchev–Trinajstić information content (AvgIpc) is 1.89. The number of alkyl halides is 1. The second-order valence-electron chi connectivity index (χ2n) is 1.98. The average molecular weight is 192 g/mol. The largest absolute Gasteiger partial charge is 0.301 e. The molecular weight excluding hydrogens is 178 g/mol. The van der Waals surface area contributed by atoms with E-state index in [-0.39, 0.29) is 0 Å². The highest BCUT2D eigenvalue weighted by Crippen LogP contribution is 1.99. The molecule has 0 heterocycles. The lowest BCUT2D eigenvalue weighted by molar-refractivity contribution is 0.754. The summed E-state index contributed by atoms with van der Waals surface area (Å²) in [6, 6.07) is 0. The van der Waals surface area contributed by atoms with Crippen LogP contribution in [0.15, 0.2) is 4.99 Å². The number of halogens is 1. The molecular formula is C7H14BrN. The minimum absolute atomic E-state index is 1.14. The molecule has 0 aromatic heterocycles. The first kappa shape index (κ1) is 9.15. The van der Waals surface area contributed by atoms with Gasteiger partial charge in [0.05, 0.1) is 0 Å². The van der Waals surface area contributed by atoms with Crippen LogP contribution >= 0.6 is 15.9 Å². The minimum atomic E-state index is 1.14. The zero-order chi connectivity index (χ0) is 6.95. The number of nitrogens with zero attached hydrogens (tertiary/aromatic N) is 1. The van der Waals surface area contributed by atoms with Crippen LogP contribution in [0.3, 0.4) is 0 Å². The molecule has 0 radical (unpaired) electrons. The van der Waals surface area contributed by atoms with Gasteiger partial charge >= 0.3 is 0 Å². The van der Waals surface area contributed by atoms with E-state index < -0.39 is 0 Å². The summed E-state index contributed by atoms with van der Waals surface area (Å²) in [6.45, 7) is 0. The lowest BCUT2D eigenvalue weighted by atomic mass is 10.2. The smallest absolute Gasteiger partial charge is 0.0273 e. The van der Waals surface area contributed by atoms with Crippen molar-refractivity contribution in [3.63, 3.8) is 0 Å². The molecule has 0 aromatic rings. The van der Waals surface area contributed by atoms with E-state index in [2.05, 4.69) is 20.9 Å². The summed E-state index contributed by atoms with van der Waals surface area (Å²) in [4.78, 5) is 3.90. The normalized spacial score (nSPS) is 10.9. The van der Waals surface area contributed by atoms with Gasteiger partial charge in [0, 0.05) is 12.4 Å². The molecule has 0 aliphatic carbocycles. The first-order valence-electron chi connectivity index (χ1n) is 3.38. The fourth-order valence-corrected chi connectivity index (χ4v) is 1.03. The van der Waals surface area contributed by atoms with Gasteiger partial charge < -0.3 is 4.99 Å². The monoisotopic (exact) mass is 191 g/mol. The summed E-state index contributed by atoms with van der Waals surface area (Å²) in [5.41, 5.74) is 0. The standard InChI is InChI=1S/C7H14BrN/c1-9-7-5-3-2-4-6-8/h7H,2-6H2,1H3. The van der Waals surface area contributed by atoms with Gasteiger partial charge in [0.15, 0.2) is 0 Å². The lowest BCUT2D eigenvalue weighted by Gasteiger charge is -1.91. The van der Waals surface area contributed by atoms with Crippen LogP contribution < -0.4 is 0 Å². The maximum atomic E-state index is 3.90. The van der Waals surface area contributed by atoms with Crippen LogP contribution in [0.4, 0.5) is 0 Å². The number of hydrogen-bond donors (Lipinski definition) is 0. The Bertz CT molecular complexity index is 71.3. The topological polar surface area (TPSA) is 12.4 Å². The Labute approximate surface area is 65.7 Å². The zero-order valence-electron chi connectivity index (χ0n) is 5.94. The molecule has 0 atom stereocenters. The van der Waals surface area contributed by atoms with Crippen LogP contribution in [0.1, 0.15) is 25.7 Å². The molecule has 9 heavy (non-hydrogen) atoms. The molecule has 0 aliphatic rings. The number of hydrogen-bond acceptors (Lipinski definition) is 1. The molecule has 0 fully saturated rings. The molecule has 0 rings (SSSR count). The summed E-state index contributed by atoms with van der Waals surface area (Å²) < 4.78 is 0. The molecule has 0 unspecified atom stereocenters. The fourth-order valence-electron chi connectivity index (χ4n) is 0.636. The van der Waals surface area contributed by atoms with Crippen molar-refractivity contribution in [1.29, 1.82) is 0 Å². The van der Waals surface area contributed by atoms with Crippen molar-refractivity contribution in [2.24, 2.45) is 4.99 Å². The Morgan fingerprint density at radius 3 is 2.67 bits per heavy atom. The Hall–Kier alpha value is 0.150. The number of unbranched alkanes of at least 4 members (excludes halogenated alkanes) is 3. The zero-order valence-corrected chi connectivity index (χ0v) is 7.52. The van der Waals surface area contributed by atoms with Gasteiger partial charge in [-0.3, -0.25) is 0 Å². The van der Waals surface area contributed by atoms with Gasteiger partial charge in [-0.1, -0.05) is 22.4 Å². The quantitative estimate of drug-likeness (QED) is 0.360. The second kappa shape index (κ2) is 8.15. The number of rotatable bonds is 5. The van der Waals surface area contributed by atoms with E-state index in [1.165, 1.54) is 19.3 Å². The van der Waals surface area contributed by atoms with Crippen LogP contribution in [0.25, 0.3) is 0 Å². The van der Waals surface area contributed by atoms with Crippen LogP contribution in [0, 0.1) is 0 Å². The maximum absolute atomic E-state index is 3.90. The second-order valence-corrected chi connectivity index (χ2v) is 2.77. The van der Waals surface area contributed by atoms with Gasteiger partial charge in [0.2, 0.25) is 0 Å². The summed E-state index contributed by atoms with van der Waals surface area (Å²) in [7, 11) is 1.82. The van der Waals surface area contributed by atoms with Gasteiger partial charge in [-0.05, 0) is 25.5 Å². The maximum Gasteiger partial charge on any atom is 0.0273 e. The predicted octanol–water partition coefficient (Wildman–Crippen LogP) is 2.64. The van der Waals surface area contributed by atoms with Crippen molar-refractivity contribution in [3.8, 4) is 0 Å². The van der Waals surface area contributed by atoms with E-state index >= 15 is 0 Å². The molecule has 0 N–H and O–H groups in total. The summed E-state index contributed by atoms with van der Waals surface area (Å²) in [6.07, 6.45) is 7.01. The van der Waals surface area contributed by atoms with Gasteiger partial charge in [-0.15, -0.1) is 0 Å². The van der Waals surface area contributed by atoms with Crippen molar-refractivity contribution in [2.45, 2.75) is 25.7 Å². The van der Waals surface area contributed by atoms with E-state index in [9.17, 15) is 0 Å². The third kappa shape index (κ3) is 8.15. The van der Waals surface area contributed by atoms with Crippen molar-refractivity contribution in [2.75, 3.05) is 12.4 Å². The molecule has 0 amide bonds. The molecule has 2 heteroatoms. The Balaban J connectivity index is 2.75. The van der Waals surface area contributed by atoms with E-state index in [4.69, 9.17) is 0 Å². The predicted molar refractivity (Wildman–Crippen MR) is 46.7 cm³/mol. The molecule has 0 saturated heterocycles. The first-order chi connectivity index (χ1) is 4.41. The van der Waals surface area contributed by atoms with Crippen LogP contribution in [-0.4, -0.2) is 18.6 Å². The Kier molecular flexibility index (Phi) is 8.29. The Morgan fingerprint density at radius 2 is 2.11 bits per heavy atom. The molecule has 0 spiro atoms. The van der Waals surface area contributed by atoms with Crippen LogP contribution in [0.2, 0.25) is 0 Å². The van der Waals surface area contributed by atoms with Crippen molar-refractivity contribution >= 4 is 22.1 Å². The van der Waals surface area contributed by atoms with Crippen LogP contribution in [-0.2, 0) is 0 Å². The van der Waals surface area contributed by atoms with E-state index in [1.54, 1.807) is 0 Å². The van der Waals surface area contributed by atoms with Crippen molar-refractivity contribution in [1.82, 2.24) is 0 Å². The minimum Gasteiger partial charge on any atom is -0.301 e. The highest BCUT2D eigenvalue weighted by atomic mass is 79.9.